The van der Waals surface area contributed by atoms with Crippen molar-refractivity contribution in [2.45, 2.75) is 26.1 Å². The highest BCUT2D eigenvalue weighted by Crippen LogP contribution is 2.15. The van der Waals surface area contributed by atoms with Gasteiger partial charge in [-0.2, -0.15) is 4.68 Å². The van der Waals surface area contributed by atoms with Gasteiger partial charge in [0.15, 0.2) is 0 Å². The molecular formula is C14H19N5O. The van der Waals surface area contributed by atoms with Crippen LogP contribution in [-0.4, -0.2) is 39.0 Å². The van der Waals surface area contributed by atoms with Gasteiger partial charge in [-0.15, -0.1) is 5.10 Å². The van der Waals surface area contributed by atoms with Crippen LogP contribution in [0.15, 0.2) is 29.1 Å². The second kappa shape index (κ2) is 5.30. The van der Waals surface area contributed by atoms with E-state index >= 15 is 0 Å². The molecule has 20 heavy (non-hydrogen) atoms. The summed E-state index contributed by atoms with van der Waals surface area (Å²) in [5, 5.41) is 8.74. The van der Waals surface area contributed by atoms with Crippen molar-refractivity contribution >= 4 is 10.9 Å². The largest absolute Gasteiger partial charge is 0.327 e. The zero-order chi connectivity index (χ0) is 14.1. The molecule has 0 spiro atoms. The molecule has 1 fully saturated rings. The first-order valence-electron chi connectivity index (χ1n) is 6.95. The monoisotopic (exact) mass is 273 g/mol. The Bertz CT molecular complexity index is 668. The molecule has 0 bridgehead atoms. The Morgan fingerprint density at radius 1 is 1.40 bits per heavy atom. The molecule has 106 valence electrons. The predicted molar refractivity (Wildman–Crippen MR) is 77.1 cm³/mol. The number of aromatic nitrogens is 3. The Hall–Kier alpha value is -1.79. The summed E-state index contributed by atoms with van der Waals surface area (Å²) in [5.41, 5.74) is 6.57. The second-order valence-electron chi connectivity index (χ2n) is 5.56. The van der Waals surface area contributed by atoms with Gasteiger partial charge >= 0.3 is 0 Å². The molecule has 2 N–H and O–H groups in total. The second-order valence-corrected chi connectivity index (χ2v) is 5.56. The van der Waals surface area contributed by atoms with E-state index in [4.69, 9.17) is 5.73 Å². The van der Waals surface area contributed by atoms with Crippen molar-refractivity contribution in [2.75, 3.05) is 13.1 Å². The van der Waals surface area contributed by atoms with Crippen molar-refractivity contribution in [3.05, 3.63) is 34.6 Å². The Morgan fingerprint density at radius 3 is 3.00 bits per heavy atom. The van der Waals surface area contributed by atoms with Gasteiger partial charge in [-0.3, -0.25) is 9.69 Å². The highest BCUT2D eigenvalue weighted by atomic mass is 16.1. The van der Waals surface area contributed by atoms with Gasteiger partial charge in [-0.25, -0.2) is 0 Å². The molecule has 0 saturated carbocycles. The fourth-order valence-corrected chi connectivity index (χ4v) is 2.68. The molecule has 6 heteroatoms. The Morgan fingerprint density at radius 2 is 2.20 bits per heavy atom. The highest BCUT2D eigenvalue weighted by molar-refractivity contribution is 5.76. The molecule has 3 rings (SSSR count). The van der Waals surface area contributed by atoms with Gasteiger partial charge in [0.2, 0.25) is 0 Å². The van der Waals surface area contributed by atoms with Gasteiger partial charge in [-0.1, -0.05) is 24.3 Å². The molecular weight excluding hydrogens is 254 g/mol. The summed E-state index contributed by atoms with van der Waals surface area (Å²) in [4.78, 5) is 14.6. The molecule has 0 aliphatic carbocycles. The average Bonchev–Trinajstić information content (AvgIpc) is 2.46. The van der Waals surface area contributed by atoms with Crippen LogP contribution in [0.5, 0.6) is 0 Å². The first kappa shape index (κ1) is 13.2. The molecule has 0 amide bonds. The fraction of sp³-hybridized carbons (Fsp3) is 0.500. The SMILES string of the molecule is CC1CN(Cn2nnc3ccccc3c2=O)CCC1N. The van der Waals surface area contributed by atoms with E-state index in [2.05, 4.69) is 22.1 Å². The number of piperidine rings is 1. The minimum atomic E-state index is -0.0851. The van der Waals surface area contributed by atoms with Crippen molar-refractivity contribution in [3.63, 3.8) is 0 Å². The first-order valence-corrected chi connectivity index (χ1v) is 6.95. The highest BCUT2D eigenvalue weighted by Gasteiger charge is 2.23. The van der Waals surface area contributed by atoms with Crippen LogP contribution in [0.2, 0.25) is 0 Å². The Balaban J connectivity index is 1.85. The van der Waals surface area contributed by atoms with E-state index in [1.807, 2.05) is 12.1 Å². The maximum Gasteiger partial charge on any atom is 0.278 e. The molecule has 6 nitrogen and oxygen atoms in total. The predicted octanol–water partition coefficient (Wildman–Crippen LogP) is 0.418. The standard InChI is InChI=1S/C14H19N5O/c1-10-8-18(7-6-12(10)15)9-19-14(20)11-4-2-3-5-13(11)16-17-19/h2-5,10,12H,6-9,15H2,1H3. The van der Waals surface area contributed by atoms with E-state index in [0.717, 1.165) is 19.5 Å². The molecule has 2 atom stereocenters. The number of fused-ring (bicyclic) bond motifs is 1. The van der Waals surface area contributed by atoms with Gasteiger partial charge in [0.1, 0.15) is 5.52 Å². The molecule has 1 aliphatic heterocycles. The van der Waals surface area contributed by atoms with Crippen molar-refractivity contribution in [1.82, 2.24) is 19.9 Å². The number of likely N-dealkylation sites (tertiary alicyclic amines) is 1. The number of nitrogens with two attached hydrogens (primary N) is 1. The third kappa shape index (κ3) is 2.44. The Labute approximate surface area is 117 Å². The maximum atomic E-state index is 12.4. The van der Waals surface area contributed by atoms with E-state index in [-0.39, 0.29) is 11.6 Å². The number of nitrogens with zero attached hydrogens (tertiary/aromatic N) is 4. The molecule has 1 aliphatic rings. The molecule has 2 aromatic rings. The van der Waals surface area contributed by atoms with Gasteiger partial charge < -0.3 is 5.73 Å². The summed E-state index contributed by atoms with van der Waals surface area (Å²) >= 11 is 0. The third-order valence-electron chi connectivity index (χ3n) is 4.02. The van der Waals surface area contributed by atoms with E-state index < -0.39 is 0 Å². The smallest absolute Gasteiger partial charge is 0.278 e. The van der Waals surface area contributed by atoms with Crippen molar-refractivity contribution < 1.29 is 0 Å². The van der Waals surface area contributed by atoms with Crippen LogP contribution in [0.1, 0.15) is 13.3 Å². The lowest BCUT2D eigenvalue weighted by molar-refractivity contribution is 0.121. The van der Waals surface area contributed by atoms with Crippen LogP contribution >= 0.6 is 0 Å². The van der Waals surface area contributed by atoms with Crippen molar-refractivity contribution in [2.24, 2.45) is 11.7 Å². The lowest BCUT2D eigenvalue weighted by Gasteiger charge is -2.34. The molecule has 2 unspecified atom stereocenters. The van der Waals surface area contributed by atoms with Gasteiger partial charge in [0, 0.05) is 19.1 Å². The van der Waals surface area contributed by atoms with E-state index in [1.54, 1.807) is 12.1 Å². The zero-order valence-corrected chi connectivity index (χ0v) is 11.6. The fourth-order valence-electron chi connectivity index (χ4n) is 2.68. The summed E-state index contributed by atoms with van der Waals surface area (Å²) in [6.07, 6.45) is 0.955. The molecule has 1 aromatic carbocycles. The minimum Gasteiger partial charge on any atom is -0.327 e. The van der Waals surface area contributed by atoms with Gasteiger partial charge in [0.05, 0.1) is 12.1 Å². The summed E-state index contributed by atoms with van der Waals surface area (Å²) in [5.74, 6) is 0.438. The van der Waals surface area contributed by atoms with E-state index in [1.165, 1.54) is 4.68 Å². The molecule has 2 heterocycles. The number of benzene rings is 1. The maximum absolute atomic E-state index is 12.4. The first-order chi connectivity index (χ1) is 9.65. The van der Waals surface area contributed by atoms with Crippen LogP contribution in [0, 0.1) is 5.92 Å². The average molecular weight is 273 g/mol. The van der Waals surface area contributed by atoms with Crippen LogP contribution in [0.25, 0.3) is 10.9 Å². The minimum absolute atomic E-state index is 0.0851. The number of rotatable bonds is 2. The normalized spacial score (nSPS) is 24.1. The van der Waals surface area contributed by atoms with Gasteiger partial charge in [0.25, 0.3) is 5.56 Å². The van der Waals surface area contributed by atoms with Crippen molar-refractivity contribution in [3.8, 4) is 0 Å². The van der Waals surface area contributed by atoms with Crippen LogP contribution < -0.4 is 11.3 Å². The third-order valence-corrected chi connectivity index (χ3v) is 4.02. The number of hydrogen-bond donors (Lipinski definition) is 1. The zero-order valence-electron chi connectivity index (χ0n) is 11.6. The Kier molecular flexibility index (Phi) is 3.50. The lowest BCUT2D eigenvalue weighted by atomic mass is 9.95. The topological polar surface area (TPSA) is 77.0 Å². The summed E-state index contributed by atoms with van der Waals surface area (Å²) in [6.45, 7) is 4.41. The van der Waals surface area contributed by atoms with Gasteiger partial charge in [-0.05, 0) is 24.5 Å². The van der Waals surface area contributed by atoms with E-state index in [9.17, 15) is 4.79 Å². The summed E-state index contributed by atoms with van der Waals surface area (Å²) in [6, 6.07) is 7.55. The molecule has 1 saturated heterocycles. The van der Waals surface area contributed by atoms with Crippen molar-refractivity contribution in [1.29, 1.82) is 0 Å². The van der Waals surface area contributed by atoms with Crippen LogP contribution in [0.4, 0.5) is 0 Å². The molecule has 1 aromatic heterocycles. The number of hydrogen-bond acceptors (Lipinski definition) is 5. The summed E-state index contributed by atoms with van der Waals surface area (Å²) in [7, 11) is 0. The quantitative estimate of drug-likeness (QED) is 0.858. The van der Waals surface area contributed by atoms with Crippen LogP contribution in [0.3, 0.4) is 0 Å². The summed E-state index contributed by atoms with van der Waals surface area (Å²) < 4.78 is 1.44. The lowest BCUT2D eigenvalue weighted by Crippen LogP contribution is -2.47. The van der Waals surface area contributed by atoms with E-state index in [0.29, 0.717) is 23.5 Å². The molecule has 0 radical (unpaired) electrons. The van der Waals surface area contributed by atoms with Crippen LogP contribution in [-0.2, 0) is 6.67 Å².